The van der Waals surface area contributed by atoms with Crippen LogP contribution in [-0.2, 0) is 6.54 Å². The summed E-state index contributed by atoms with van der Waals surface area (Å²) < 4.78 is 3.12. The third-order valence-corrected chi connectivity index (χ3v) is 5.83. The monoisotopic (exact) mass is 464 g/mol. The predicted molar refractivity (Wildman–Crippen MR) is 136 cm³/mol. The van der Waals surface area contributed by atoms with Gasteiger partial charge in [-0.2, -0.15) is 0 Å². The van der Waals surface area contributed by atoms with Crippen LogP contribution in [0.25, 0.3) is 33.7 Å². The number of nitrogens with zero attached hydrogens (tertiary/aromatic N) is 5. The van der Waals surface area contributed by atoms with E-state index in [-0.39, 0.29) is 5.56 Å². The van der Waals surface area contributed by atoms with Crippen LogP contribution in [0.2, 0.25) is 0 Å². The fourth-order valence-electron chi connectivity index (χ4n) is 4.18. The molecule has 0 bridgehead atoms. The first-order valence-corrected chi connectivity index (χ1v) is 11.1. The summed E-state index contributed by atoms with van der Waals surface area (Å²) in [4.78, 5) is 35.9. The first-order chi connectivity index (χ1) is 16.9. The number of benzene rings is 3. The number of aromatic nitrogens is 4. The lowest BCUT2D eigenvalue weighted by atomic mass is 9.99. The van der Waals surface area contributed by atoms with Crippen molar-refractivity contribution >= 4 is 17.1 Å². The zero-order valence-electron chi connectivity index (χ0n) is 19.4. The van der Waals surface area contributed by atoms with E-state index < -0.39 is 5.91 Å². The quantitative estimate of drug-likeness (QED) is 0.415. The average Bonchev–Trinajstić information content (AvgIpc) is 3.30. The summed E-state index contributed by atoms with van der Waals surface area (Å²) >= 11 is 0. The lowest BCUT2D eigenvalue weighted by Crippen LogP contribution is -2.20. The minimum Gasteiger partial charge on any atom is -0.366 e. The van der Waals surface area contributed by atoms with Crippen LogP contribution in [0.4, 0.5) is 0 Å². The molecule has 0 fully saturated rings. The summed E-state index contributed by atoms with van der Waals surface area (Å²) in [5, 5.41) is 0. The molecule has 0 aliphatic rings. The van der Waals surface area contributed by atoms with Crippen molar-refractivity contribution in [2.24, 2.45) is 5.73 Å². The Labute approximate surface area is 201 Å². The van der Waals surface area contributed by atoms with Gasteiger partial charge in [0.05, 0.1) is 5.69 Å². The van der Waals surface area contributed by atoms with Crippen molar-refractivity contribution < 1.29 is 4.79 Å². The highest BCUT2D eigenvalue weighted by molar-refractivity contribution is 5.93. The molecule has 8 heteroatoms. The van der Waals surface area contributed by atoms with Gasteiger partial charge >= 0.3 is 0 Å². The number of hydrogen-bond acceptors (Lipinski definition) is 5. The lowest BCUT2D eigenvalue weighted by molar-refractivity contribution is 0.1000. The molecule has 0 aliphatic heterocycles. The molecule has 0 saturated carbocycles. The second-order valence-corrected chi connectivity index (χ2v) is 8.56. The maximum atomic E-state index is 13.5. The Balaban J connectivity index is 1.56. The van der Waals surface area contributed by atoms with E-state index in [2.05, 4.69) is 27.0 Å². The number of fused-ring (bicyclic) bond motifs is 1. The highest BCUT2D eigenvalue weighted by atomic mass is 16.1. The first-order valence-electron chi connectivity index (χ1n) is 11.1. The standard InChI is InChI=1S/C27H24N6O2/c1-31(2)15-20-6-3-4-9-23(20)18-10-12-21(13-11-18)33-17-30-26-24(27(33)35)32(16-29-26)22-8-5-7-19(14-22)25(28)34/h3-14,16-17H,15H2,1-2H3,(H2,28,34). The summed E-state index contributed by atoms with van der Waals surface area (Å²) in [6.45, 7) is 0.832. The van der Waals surface area contributed by atoms with Gasteiger partial charge in [-0.15, -0.1) is 0 Å². The molecule has 5 aromatic rings. The van der Waals surface area contributed by atoms with E-state index in [1.54, 1.807) is 28.8 Å². The first kappa shape index (κ1) is 22.2. The largest absolute Gasteiger partial charge is 0.366 e. The third kappa shape index (κ3) is 4.22. The van der Waals surface area contributed by atoms with Crippen LogP contribution in [-0.4, -0.2) is 44.0 Å². The highest BCUT2D eigenvalue weighted by Crippen LogP contribution is 2.25. The molecule has 0 aliphatic carbocycles. The van der Waals surface area contributed by atoms with E-state index in [1.165, 1.54) is 22.8 Å². The molecule has 2 N–H and O–H groups in total. The molecule has 0 radical (unpaired) electrons. The number of rotatable bonds is 6. The molecule has 0 spiro atoms. The molecule has 0 unspecified atom stereocenters. The predicted octanol–water partition coefficient (Wildman–Crippen LogP) is 3.40. The summed E-state index contributed by atoms with van der Waals surface area (Å²) in [5.41, 5.74) is 10.9. The molecular weight excluding hydrogens is 440 g/mol. The van der Waals surface area contributed by atoms with Crippen LogP contribution >= 0.6 is 0 Å². The molecule has 3 aromatic carbocycles. The van der Waals surface area contributed by atoms with Gasteiger partial charge in [0.2, 0.25) is 5.91 Å². The van der Waals surface area contributed by atoms with E-state index in [9.17, 15) is 9.59 Å². The van der Waals surface area contributed by atoms with Crippen molar-refractivity contribution in [1.82, 2.24) is 24.0 Å². The number of nitrogens with two attached hydrogens (primary N) is 1. The van der Waals surface area contributed by atoms with Gasteiger partial charge in [-0.1, -0.05) is 42.5 Å². The number of imidazole rings is 1. The number of primary amides is 1. The Kier molecular flexibility index (Phi) is 5.72. The number of amides is 1. The van der Waals surface area contributed by atoms with Gasteiger partial charge in [0, 0.05) is 17.8 Å². The highest BCUT2D eigenvalue weighted by Gasteiger charge is 2.14. The number of carbonyl (C=O) groups excluding carboxylic acids is 1. The Morgan fingerprint density at radius 2 is 1.60 bits per heavy atom. The Hall–Kier alpha value is -4.56. The van der Waals surface area contributed by atoms with Gasteiger partial charge in [0.15, 0.2) is 11.2 Å². The Bertz CT molecular complexity index is 1600. The third-order valence-electron chi connectivity index (χ3n) is 5.83. The van der Waals surface area contributed by atoms with Gasteiger partial charge in [-0.3, -0.25) is 18.7 Å². The average molecular weight is 465 g/mol. The molecule has 2 aromatic heterocycles. The van der Waals surface area contributed by atoms with Crippen molar-refractivity contribution in [3.63, 3.8) is 0 Å². The van der Waals surface area contributed by atoms with Crippen LogP contribution in [0.1, 0.15) is 15.9 Å². The van der Waals surface area contributed by atoms with E-state index in [0.29, 0.717) is 28.1 Å². The summed E-state index contributed by atoms with van der Waals surface area (Å²) in [6.07, 6.45) is 3.01. The SMILES string of the molecule is CN(C)Cc1ccccc1-c1ccc(-n2cnc3ncn(-c4cccc(C(N)=O)c4)c3c2=O)cc1. The molecule has 5 rings (SSSR count). The summed E-state index contributed by atoms with van der Waals surface area (Å²) in [5.74, 6) is -0.543. The van der Waals surface area contributed by atoms with Crippen molar-refractivity contribution in [2.45, 2.75) is 6.54 Å². The van der Waals surface area contributed by atoms with Gasteiger partial charge < -0.3 is 10.6 Å². The van der Waals surface area contributed by atoms with Crippen LogP contribution in [0.5, 0.6) is 0 Å². The van der Waals surface area contributed by atoms with Gasteiger partial charge in [0.25, 0.3) is 5.56 Å². The molecule has 1 amide bonds. The van der Waals surface area contributed by atoms with Crippen LogP contribution in [0, 0.1) is 0 Å². The van der Waals surface area contributed by atoms with E-state index in [0.717, 1.165) is 17.7 Å². The van der Waals surface area contributed by atoms with Gasteiger partial charge in [-0.25, -0.2) is 9.97 Å². The second kappa shape index (κ2) is 9.00. The zero-order chi connectivity index (χ0) is 24.5. The summed E-state index contributed by atoms with van der Waals surface area (Å²) in [6, 6.07) is 22.9. The Morgan fingerprint density at radius 1 is 0.886 bits per heavy atom. The molecule has 8 nitrogen and oxygen atoms in total. The molecule has 0 saturated heterocycles. The van der Waals surface area contributed by atoms with E-state index in [4.69, 9.17) is 5.73 Å². The topological polar surface area (TPSA) is 99.0 Å². The van der Waals surface area contributed by atoms with Gasteiger partial charge in [-0.05, 0) is 61.1 Å². The number of carbonyl (C=O) groups is 1. The fourth-order valence-corrected chi connectivity index (χ4v) is 4.18. The van der Waals surface area contributed by atoms with Crippen molar-refractivity contribution in [2.75, 3.05) is 14.1 Å². The van der Waals surface area contributed by atoms with Crippen LogP contribution in [0.3, 0.4) is 0 Å². The van der Waals surface area contributed by atoms with E-state index in [1.807, 2.05) is 50.5 Å². The van der Waals surface area contributed by atoms with Crippen LogP contribution in [0.15, 0.2) is 90.2 Å². The second-order valence-electron chi connectivity index (χ2n) is 8.56. The smallest absolute Gasteiger partial charge is 0.284 e. The zero-order valence-corrected chi connectivity index (χ0v) is 19.4. The minimum absolute atomic E-state index is 0.266. The van der Waals surface area contributed by atoms with Crippen molar-refractivity contribution in [3.8, 4) is 22.5 Å². The molecule has 35 heavy (non-hydrogen) atoms. The normalized spacial score (nSPS) is 11.3. The van der Waals surface area contributed by atoms with Gasteiger partial charge in [0.1, 0.15) is 12.7 Å². The van der Waals surface area contributed by atoms with Crippen molar-refractivity contribution in [3.05, 3.63) is 107 Å². The van der Waals surface area contributed by atoms with E-state index >= 15 is 0 Å². The van der Waals surface area contributed by atoms with Crippen LogP contribution < -0.4 is 11.3 Å². The maximum Gasteiger partial charge on any atom is 0.284 e. The van der Waals surface area contributed by atoms with Crippen molar-refractivity contribution in [1.29, 1.82) is 0 Å². The summed E-state index contributed by atoms with van der Waals surface area (Å²) in [7, 11) is 4.09. The lowest BCUT2D eigenvalue weighted by Gasteiger charge is -2.15. The molecule has 174 valence electrons. The minimum atomic E-state index is -0.543. The maximum absolute atomic E-state index is 13.5. The molecule has 2 heterocycles. The molecular formula is C27H24N6O2. The Morgan fingerprint density at radius 3 is 2.31 bits per heavy atom. The molecule has 0 atom stereocenters. The fraction of sp³-hybridized carbons (Fsp3) is 0.111. The number of hydrogen-bond donors (Lipinski definition) is 1.